The van der Waals surface area contributed by atoms with Gasteiger partial charge in [-0.25, -0.2) is 14.6 Å². The van der Waals surface area contributed by atoms with Gasteiger partial charge < -0.3 is 19.8 Å². The lowest BCUT2D eigenvalue weighted by atomic mass is 9.90. The highest BCUT2D eigenvalue weighted by atomic mass is 16.6. The molecule has 10 nitrogen and oxygen atoms in total. The monoisotopic (exact) mass is 485 g/mol. The van der Waals surface area contributed by atoms with E-state index in [0.29, 0.717) is 23.2 Å². The minimum Gasteiger partial charge on any atom is -0.461 e. The standard InChI is InChI=1S/C26H23N5O5/c27-26-29-22-21(23(32)30-26)28-15-31(22)19-12-11-18(14-35-24(33)16-7-3-1-4-8-16)20(13-19)36-25(34)17-9-5-2-6-10-17/h1-12,15,18-20H,13-14H2,(H3,27,29,30,32)/t18-,19+,20+/m1/s1. The van der Waals surface area contributed by atoms with Gasteiger partial charge in [-0.1, -0.05) is 48.6 Å². The number of rotatable bonds is 6. The van der Waals surface area contributed by atoms with Crippen LogP contribution in [-0.4, -0.2) is 44.2 Å². The maximum atomic E-state index is 12.9. The number of carbonyl (C=O) groups excluding carboxylic acids is 2. The van der Waals surface area contributed by atoms with Crippen LogP contribution >= 0.6 is 0 Å². The second-order valence-electron chi connectivity index (χ2n) is 8.40. The molecule has 0 saturated heterocycles. The van der Waals surface area contributed by atoms with Crippen molar-refractivity contribution in [2.45, 2.75) is 18.6 Å². The molecule has 0 radical (unpaired) electrons. The molecule has 0 unspecified atom stereocenters. The number of H-pyrrole nitrogens is 1. The first-order valence-corrected chi connectivity index (χ1v) is 11.4. The van der Waals surface area contributed by atoms with Crippen molar-refractivity contribution in [2.75, 3.05) is 12.3 Å². The second-order valence-corrected chi connectivity index (χ2v) is 8.40. The lowest BCUT2D eigenvalue weighted by Gasteiger charge is -2.32. The molecule has 3 atom stereocenters. The number of nitrogens with two attached hydrogens (primary N) is 1. The molecule has 0 spiro atoms. The summed E-state index contributed by atoms with van der Waals surface area (Å²) >= 11 is 0. The molecule has 2 aromatic heterocycles. The van der Waals surface area contributed by atoms with E-state index < -0.39 is 23.6 Å². The number of ether oxygens (including phenoxy) is 2. The number of hydrogen-bond acceptors (Lipinski definition) is 8. The molecule has 4 aromatic rings. The number of hydrogen-bond donors (Lipinski definition) is 2. The molecule has 5 rings (SSSR count). The SMILES string of the molecule is Nc1nc2c(ncn2[C@H]2C=C[C@H](COC(=O)c3ccccc3)[C@@H](OC(=O)c3ccccc3)C2)c(=O)[nH]1. The van der Waals surface area contributed by atoms with Crippen LogP contribution < -0.4 is 11.3 Å². The maximum absolute atomic E-state index is 12.9. The van der Waals surface area contributed by atoms with Crippen LogP contribution in [-0.2, 0) is 9.47 Å². The number of carbonyl (C=O) groups is 2. The van der Waals surface area contributed by atoms with Crippen molar-refractivity contribution in [1.82, 2.24) is 19.5 Å². The van der Waals surface area contributed by atoms with E-state index >= 15 is 0 Å². The Balaban J connectivity index is 1.40. The molecule has 1 aliphatic rings. The molecule has 0 aliphatic heterocycles. The van der Waals surface area contributed by atoms with Crippen LogP contribution in [0.25, 0.3) is 11.2 Å². The van der Waals surface area contributed by atoms with Gasteiger partial charge >= 0.3 is 11.9 Å². The molecule has 10 heteroatoms. The van der Waals surface area contributed by atoms with E-state index in [1.165, 1.54) is 6.33 Å². The molecular weight excluding hydrogens is 462 g/mol. The first-order chi connectivity index (χ1) is 17.5. The van der Waals surface area contributed by atoms with Crippen LogP contribution in [0.15, 0.2) is 83.9 Å². The minimum atomic E-state index is -0.618. The van der Waals surface area contributed by atoms with Crippen LogP contribution in [0.5, 0.6) is 0 Å². The van der Waals surface area contributed by atoms with E-state index in [1.807, 2.05) is 24.3 Å². The molecular formula is C26H23N5O5. The molecule has 0 bridgehead atoms. The molecule has 3 N–H and O–H groups in total. The zero-order valence-electron chi connectivity index (χ0n) is 19.1. The fraction of sp³-hybridized carbons (Fsp3) is 0.192. The van der Waals surface area contributed by atoms with Crippen molar-refractivity contribution in [1.29, 1.82) is 0 Å². The minimum absolute atomic E-state index is 0.0215. The third kappa shape index (κ3) is 4.74. The molecule has 182 valence electrons. The molecule has 36 heavy (non-hydrogen) atoms. The molecule has 2 heterocycles. The fourth-order valence-electron chi connectivity index (χ4n) is 4.19. The van der Waals surface area contributed by atoms with Gasteiger partial charge in [0.2, 0.25) is 5.95 Å². The van der Waals surface area contributed by atoms with Crippen LogP contribution in [0, 0.1) is 5.92 Å². The highest BCUT2D eigenvalue weighted by Gasteiger charge is 2.33. The van der Waals surface area contributed by atoms with Gasteiger partial charge in [0.1, 0.15) is 12.7 Å². The molecule has 0 fully saturated rings. The number of allylic oxidation sites excluding steroid dienone is 1. The Kier molecular flexibility index (Phi) is 6.31. The first kappa shape index (κ1) is 23.0. The van der Waals surface area contributed by atoms with Crippen molar-refractivity contribution in [2.24, 2.45) is 5.92 Å². The zero-order valence-corrected chi connectivity index (χ0v) is 19.1. The van der Waals surface area contributed by atoms with Gasteiger partial charge in [-0.15, -0.1) is 0 Å². The number of nitrogen functional groups attached to an aromatic ring is 1. The van der Waals surface area contributed by atoms with E-state index in [9.17, 15) is 14.4 Å². The van der Waals surface area contributed by atoms with Crippen molar-refractivity contribution < 1.29 is 19.1 Å². The number of nitrogens with zero attached hydrogens (tertiary/aromatic N) is 3. The average molecular weight is 486 g/mol. The topological polar surface area (TPSA) is 142 Å². The Morgan fingerprint density at radius 2 is 1.67 bits per heavy atom. The summed E-state index contributed by atoms with van der Waals surface area (Å²) in [6.45, 7) is 0.0270. The molecule has 0 amide bonds. The van der Waals surface area contributed by atoms with E-state index in [1.54, 1.807) is 53.1 Å². The Bertz CT molecular complexity index is 1480. The van der Waals surface area contributed by atoms with Crippen molar-refractivity contribution in [3.05, 3.63) is 101 Å². The zero-order chi connectivity index (χ0) is 25.1. The van der Waals surface area contributed by atoms with Gasteiger partial charge in [0.15, 0.2) is 11.2 Å². The van der Waals surface area contributed by atoms with Crippen LogP contribution in [0.2, 0.25) is 0 Å². The van der Waals surface area contributed by atoms with E-state index in [4.69, 9.17) is 15.2 Å². The summed E-state index contributed by atoms with van der Waals surface area (Å²) in [5.74, 6) is -1.34. The average Bonchev–Trinajstić information content (AvgIpc) is 3.33. The summed E-state index contributed by atoms with van der Waals surface area (Å²) in [7, 11) is 0. The number of anilines is 1. The van der Waals surface area contributed by atoms with Gasteiger partial charge in [0, 0.05) is 12.3 Å². The van der Waals surface area contributed by atoms with E-state index in [2.05, 4.69) is 15.0 Å². The first-order valence-electron chi connectivity index (χ1n) is 11.4. The van der Waals surface area contributed by atoms with Gasteiger partial charge in [-0.2, -0.15) is 4.98 Å². The third-order valence-electron chi connectivity index (χ3n) is 6.02. The number of nitrogens with one attached hydrogen (secondary N) is 1. The molecule has 2 aromatic carbocycles. The van der Waals surface area contributed by atoms with E-state index in [0.717, 1.165) is 0 Å². The second kappa shape index (κ2) is 9.87. The normalized spacial score (nSPS) is 19.2. The van der Waals surface area contributed by atoms with Crippen molar-refractivity contribution in [3.63, 3.8) is 0 Å². The highest BCUT2D eigenvalue weighted by molar-refractivity contribution is 5.90. The largest absolute Gasteiger partial charge is 0.461 e. The van der Waals surface area contributed by atoms with Gasteiger partial charge in [-0.3, -0.25) is 9.78 Å². The van der Waals surface area contributed by atoms with Crippen molar-refractivity contribution in [3.8, 4) is 0 Å². The number of imidazole rings is 1. The van der Waals surface area contributed by atoms with Crippen LogP contribution in [0.1, 0.15) is 33.2 Å². The quantitative estimate of drug-likeness (QED) is 0.314. The third-order valence-corrected chi connectivity index (χ3v) is 6.02. The lowest BCUT2D eigenvalue weighted by molar-refractivity contribution is -0.00246. The number of aromatic nitrogens is 4. The predicted molar refractivity (Wildman–Crippen MR) is 131 cm³/mol. The molecule has 1 aliphatic carbocycles. The Morgan fingerprint density at radius 3 is 2.36 bits per heavy atom. The van der Waals surface area contributed by atoms with Crippen LogP contribution in [0.4, 0.5) is 5.95 Å². The Labute approximate surface area is 205 Å². The van der Waals surface area contributed by atoms with Crippen LogP contribution in [0.3, 0.4) is 0 Å². The van der Waals surface area contributed by atoms with Gasteiger partial charge in [0.25, 0.3) is 5.56 Å². The summed E-state index contributed by atoms with van der Waals surface area (Å²) in [5, 5.41) is 0. The smallest absolute Gasteiger partial charge is 0.338 e. The predicted octanol–water partition coefficient (Wildman–Crippen LogP) is 2.90. The Morgan fingerprint density at radius 1 is 1.00 bits per heavy atom. The fourth-order valence-corrected chi connectivity index (χ4v) is 4.19. The van der Waals surface area contributed by atoms with E-state index in [-0.39, 0.29) is 30.0 Å². The number of esters is 2. The number of fused-ring (bicyclic) bond motifs is 1. The summed E-state index contributed by atoms with van der Waals surface area (Å²) in [4.78, 5) is 48.4. The van der Waals surface area contributed by atoms with Crippen molar-refractivity contribution >= 4 is 29.1 Å². The summed E-state index contributed by atoms with van der Waals surface area (Å²) in [6, 6.07) is 17.0. The summed E-state index contributed by atoms with van der Waals surface area (Å²) in [6.07, 6.45) is 4.98. The lowest BCUT2D eigenvalue weighted by Crippen LogP contribution is -2.35. The number of aromatic amines is 1. The summed E-state index contributed by atoms with van der Waals surface area (Å²) in [5.41, 5.74) is 6.64. The van der Waals surface area contributed by atoms with Gasteiger partial charge in [0.05, 0.1) is 23.5 Å². The summed E-state index contributed by atoms with van der Waals surface area (Å²) < 4.78 is 13.1. The number of benzene rings is 2. The Hall–Kier alpha value is -4.73. The highest BCUT2D eigenvalue weighted by Crippen LogP contribution is 2.31. The van der Waals surface area contributed by atoms with Gasteiger partial charge in [-0.05, 0) is 24.3 Å². The maximum Gasteiger partial charge on any atom is 0.338 e. The molecule has 0 saturated carbocycles.